The highest BCUT2D eigenvalue weighted by Gasteiger charge is 2.10. The number of aliphatic imine (C=N–C) groups is 1. The molecule has 3 N–H and O–H groups in total. The van der Waals surface area contributed by atoms with Gasteiger partial charge in [-0.1, -0.05) is 36.4 Å². The second-order valence-electron chi connectivity index (χ2n) is 7.32. The first-order chi connectivity index (χ1) is 14.6. The summed E-state index contributed by atoms with van der Waals surface area (Å²) >= 11 is 0. The van der Waals surface area contributed by atoms with Crippen molar-refractivity contribution >= 4 is 40.8 Å². The smallest absolute Gasteiger partial charge is 0.191 e. The van der Waals surface area contributed by atoms with Crippen molar-refractivity contribution in [3.63, 3.8) is 0 Å². The van der Waals surface area contributed by atoms with Gasteiger partial charge in [0.05, 0.1) is 24.3 Å². The number of nitrogens with zero attached hydrogens (tertiary/aromatic N) is 2. The molecule has 1 aromatic heterocycles. The van der Waals surface area contributed by atoms with Crippen LogP contribution in [-0.2, 0) is 6.54 Å². The molecule has 3 rings (SSSR count). The second kappa shape index (κ2) is 12.5. The van der Waals surface area contributed by atoms with Crippen LogP contribution in [0.5, 0.6) is 5.75 Å². The van der Waals surface area contributed by atoms with Gasteiger partial charge in [0.15, 0.2) is 5.96 Å². The first-order valence-corrected chi connectivity index (χ1v) is 10.4. The Balaban J connectivity index is 0.00000341. The lowest BCUT2D eigenvalue weighted by Gasteiger charge is -2.17. The van der Waals surface area contributed by atoms with E-state index in [1.807, 2.05) is 75.4 Å². The largest absolute Gasteiger partial charge is 0.491 e. The number of halogens is 1. The standard InChI is InChI=1S/C24H30N4O2.HI/c1-4-25-24(27-15-20-10-5-8-18-11-7-13-26-23(18)20)28-16-22(29)19-9-6-12-21(14-19)30-17(2)3;/h5-14,17,22,29H,4,15-16H2,1-3H3,(H2,25,27,28);1H. The summed E-state index contributed by atoms with van der Waals surface area (Å²) < 4.78 is 5.72. The average Bonchev–Trinajstić information content (AvgIpc) is 2.75. The molecule has 0 aliphatic carbocycles. The number of hydrogen-bond acceptors (Lipinski definition) is 4. The number of aliphatic hydroxyl groups is 1. The topological polar surface area (TPSA) is 78.8 Å². The number of aliphatic hydroxyl groups excluding tert-OH is 1. The van der Waals surface area contributed by atoms with Crippen molar-refractivity contribution in [1.82, 2.24) is 15.6 Å². The maximum Gasteiger partial charge on any atom is 0.191 e. The molecule has 166 valence electrons. The van der Waals surface area contributed by atoms with E-state index in [0.29, 0.717) is 19.0 Å². The van der Waals surface area contributed by atoms with E-state index < -0.39 is 6.10 Å². The van der Waals surface area contributed by atoms with Crippen LogP contribution < -0.4 is 15.4 Å². The molecule has 3 aromatic rings. The van der Waals surface area contributed by atoms with Crippen LogP contribution in [0, 0.1) is 0 Å². The van der Waals surface area contributed by atoms with Crippen molar-refractivity contribution in [2.75, 3.05) is 13.1 Å². The Morgan fingerprint density at radius 2 is 1.87 bits per heavy atom. The van der Waals surface area contributed by atoms with Gasteiger partial charge in [0.1, 0.15) is 5.75 Å². The number of guanidine groups is 1. The number of rotatable bonds is 8. The number of pyridine rings is 1. The van der Waals surface area contributed by atoms with Crippen molar-refractivity contribution in [3.05, 3.63) is 71.9 Å². The van der Waals surface area contributed by atoms with Gasteiger partial charge in [-0.3, -0.25) is 4.98 Å². The van der Waals surface area contributed by atoms with Gasteiger partial charge in [-0.05, 0) is 50.1 Å². The number of aromatic nitrogens is 1. The molecule has 0 fully saturated rings. The molecule has 31 heavy (non-hydrogen) atoms. The summed E-state index contributed by atoms with van der Waals surface area (Å²) in [4.78, 5) is 9.16. The zero-order valence-corrected chi connectivity index (χ0v) is 20.5. The third-order valence-electron chi connectivity index (χ3n) is 4.55. The van der Waals surface area contributed by atoms with Crippen molar-refractivity contribution in [1.29, 1.82) is 0 Å². The molecule has 0 saturated heterocycles. The van der Waals surface area contributed by atoms with Gasteiger partial charge in [-0.25, -0.2) is 4.99 Å². The molecule has 0 radical (unpaired) electrons. The lowest BCUT2D eigenvalue weighted by Crippen LogP contribution is -2.39. The van der Waals surface area contributed by atoms with Crippen LogP contribution in [0.25, 0.3) is 10.9 Å². The fourth-order valence-corrected chi connectivity index (χ4v) is 3.18. The van der Waals surface area contributed by atoms with E-state index in [2.05, 4.69) is 20.6 Å². The molecule has 1 heterocycles. The van der Waals surface area contributed by atoms with E-state index in [0.717, 1.165) is 34.3 Å². The highest BCUT2D eigenvalue weighted by molar-refractivity contribution is 14.0. The Bertz CT molecular complexity index is 989. The van der Waals surface area contributed by atoms with Gasteiger partial charge in [0.2, 0.25) is 0 Å². The lowest BCUT2D eigenvalue weighted by molar-refractivity contribution is 0.179. The summed E-state index contributed by atoms with van der Waals surface area (Å²) in [5, 5.41) is 18.2. The number of hydrogen-bond donors (Lipinski definition) is 3. The van der Waals surface area contributed by atoms with E-state index in [4.69, 9.17) is 4.74 Å². The van der Waals surface area contributed by atoms with Gasteiger partial charge >= 0.3 is 0 Å². The Morgan fingerprint density at radius 3 is 2.65 bits per heavy atom. The summed E-state index contributed by atoms with van der Waals surface area (Å²) in [6, 6.07) is 17.6. The third-order valence-corrected chi connectivity index (χ3v) is 4.55. The van der Waals surface area contributed by atoms with Crippen LogP contribution in [0.4, 0.5) is 0 Å². The normalized spacial score (nSPS) is 12.4. The zero-order valence-electron chi connectivity index (χ0n) is 18.2. The number of fused-ring (bicyclic) bond motifs is 1. The van der Waals surface area contributed by atoms with Crippen LogP contribution in [0.15, 0.2) is 65.8 Å². The Labute approximate surface area is 201 Å². The SMILES string of the molecule is CCNC(=NCc1cccc2cccnc12)NCC(O)c1cccc(OC(C)C)c1.I. The maximum absolute atomic E-state index is 10.6. The maximum atomic E-state index is 10.6. The average molecular weight is 534 g/mol. The van der Waals surface area contributed by atoms with E-state index in [-0.39, 0.29) is 30.1 Å². The molecule has 0 aliphatic rings. The minimum atomic E-state index is -0.677. The van der Waals surface area contributed by atoms with E-state index in [1.165, 1.54) is 0 Å². The van der Waals surface area contributed by atoms with Crippen LogP contribution in [-0.4, -0.2) is 35.2 Å². The van der Waals surface area contributed by atoms with E-state index in [1.54, 1.807) is 6.20 Å². The minimum absolute atomic E-state index is 0. The fourth-order valence-electron chi connectivity index (χ4n) is 3.18. The number of ether oxygens (including phenoxy) is 1. The van der Waals surface area contributed by atoms with E-state index >= 15 is 0 Å². The molecule has 1 unspecified atom stereocenters. The van der Waals surface area contributed by atoms with Gasteiger partial charge in [-0.2, -0.15) is 0 Å². The quantitative estimate of drug-likeness (QED) is 0.227. The summed E-state index contributed by atoms with van der Waals surface area (Å²) in [6.07, 6.45) is 1.21. The molecule has 0 amide bonds. The molecule has 1 atom stereocenters. The van der Waals surface area contributed by atoms with Crippen molar-refractivity contribution in [3.8, 4) is 5.75 Å². The van der Waals surface area contributed by atoms with Gasteiger partial charge in [0, 0.05) is 24.7 Å². The molecule has 6 nitrogen and oxygen atoms in total. The number of para-hydroxylation sites is 1. The predicted molar refractivity (Wildman–Crippen MR) is 137 cm³/mol. The lowest BCUT2D eigenvalue weighted by atomic mass is 10.1. The van der Waals surface area contributed by atoms with Crippen molar-refractivity contribution in [2.45, 2.75) is 39.5 Å². The summed E-state index contributed by atoms with van der Waals surface area (Å²) in [5.41, 5.74) is 2.82. The van der Waals surface area contributed by atoms with Gasteiger partial charge in [0.25, 0.3) is 0 Å². The van der Waals surface area contributed by atoms with Crippen molar-refractivity contribution < 1.29 is 9.84 Å². The Hall–Kier alpha value is -2.39. The number of benzene rings is 2. The monoisotopic (exact) mass is 534 g/mol. The van der Waals surface area contributed by atoms with Crippen LogP contribution >= 0.6 is 24.0 Å². The third kappa shape index (κ3) is 7.36. The Kier molecular flexibility index (Phi) is 10.00. The molecule has 2 aromatic carbocycles. The molecule has 0 spiro atoms. The van der Waals surface area contributed by atoms with Crippen LogP contribution in [0.1, 0.15) is 38.0 Å². The molecule has 0 saturated carbocycles. The minimum Gasteiger partial charge on any atom is -0.491 e. The summed E-state index contributed by atoms with van der Waals surface area (Å²) in [5.74, 6) is 1.41. The molecule has 0 aliphatic heterocycles. The second-order valence-corrected chi connectivity index (χ2v) is 7.32. The Morgan fingerprint density at radius 1 is 1.10 bits per heavy atom. The van der Waals surface area contributed by atoms with Gasteiger partial charge < -0.3 is 20.5 Å². The number of nitrogens with one attached hydrogen (secondary N) is 2. The highest BCUT2D eigenvalue weighted by Crippen LogP contribution is 2.20. The van der Waals surface area contributed by atoms with E-state index in [9.17, 15) is 5.11 Å². The highest BCUT2D eigenvalue weighted by atomic mass is 127. The molecular formula is C24H31IN4O2. The molecular weight excluding hydrogens is 503 g/mol. The van der Waals surface area contributed by atoms with Crippen LogP contribution in [0.3, 0.4) is 0 Å². The van der Waals surface area contributed by atoms with Crippen LogP contribution in [0.2, 0.25) is 0 Å². The molecule has 0 bridgehead atoms. The predicted octanol–water partition coefficient (Wildman–Crippen LogP) is 4.43. The fraction of sp³-hybridized carbons (Fsp3) is 0.333. The summed E-state index contributed by atoms with van der Waals surface area (Å²) in [7, 11) is 0. The first kappa shape index (κ1) is 24.9. The zero-order chi connectivity index (χ0) is 21.3. The first-order valence-electron chi connectivity index (χ1n) is 10.4. The summed E-state index contributed by atoms with van der Waals surface area (Å²) in [6.45, 7) is 7.54. The molecule has 7 heteroatoms. The van der Waals surface area contributed by atoms with Crippen molar-refractivity contribution in [2.24, 2.45) is 4.99 Å². The van der Waals surface area contributed by atoms with Gasteiger partial charge in [-0.15, -0.1) is 24.0 Å².